The molecule has 6 heteroatoms. The maximum absolute atomic E-state index is 9.12. The zero-order valence-corrected chi connectivity index (χ0v) is 11.1. The van der Waals surface area contributed by atoms with Crippen LogP contribution in [0.15, 0.2) is 41.0 Å². The summed E-state index contributed by atoms with van der Waals surface area (Å²) in [5.74, 6) is 0.542. The second-order valence-corrected chi connectivity index (χ2v) is 4.10. The first-order valence-corrected chi connectivity index (χ1v) is 5.81. The summed E-state index contributed by atoms with van der Waals surface area (Å²) in [6.45, 7) is 1.80. The molecule has 1 heterocycles. The molecule has 0 N–H and O–H groups in total. The maximum atomic E-state index is 9.12. The van der Waals surface area contributed by atoms with Crippen LogP contribution in [0.25, 0.3) is 11.0 Å². The summed E-state index contributed by atoms with van der Waals surface area (Å²) >= 11 is 0. The van der Waals surface area contributed by atoms with Gasteiger partial charge in [-0.3, -0.25) is 0 Å². The molecular weight excluding hydrogens is 240 g/mol. The van der Waals surface area contributed by atoms with Crippen LogP contribution in [0.3, 0.4) is 0 Å². The molecule has 0 aliphatic heterocycles. The van der Waals surface area contributed by atoms with Crippen molar-refractivity contribution in [2.24, 2.45) is 5.10 Å². The van der Waals surface area contributed by atoms with E-state index in [0.717, 1.165) is 11.0 Å². The zero-order chi connectivity index (χ0) is 13.8. The van der Waals surface area contributed by atoms with Crippen LogP contribution in [0.1, 0.15) is 6.92 Å². The van der Waals surface area contributed by atoms with Crippen molar-refractivity contribution in [1.29, 1.82) is 5.26 Å². The Bertz CT molecular complexity index is 686. The van der Waals surface area contributed by atoms with Gasteiger partial charge in [0.25, 0.3) is 0 Å². The molecule has 2 aromatic rings. The van der Waals surface area contributed by atoms with Crippen LogP contribution >= 0.6 is 0 Å². The maximum Gasteiger partial charge on any atom is 0.168 e. The number of allylic oxidation sites excluding steroid dienone is 1. The lowest BCUT2D eigenvalue weighted by Gasteiger charge is -2.14. The lowest BCUT2D eigenvalue weighted by atomic mass is 10.2. The SMILES string of the molecule is C/C=C(C#N)\C(=N/n1nnc2ccccc21)N(C)C. The van der Waals surface area contributed by atoms with E-state index in [1.807, 2.05) is 38.4 Å². The fraction of sp³-hybridized carbons (Fsp3) is 0.231. The van der Waals surface area contributed by atoms with E-state index in [4.69, 9.17) is 5.26 Å². The van der Waals surface area contributed by atoms with Crippen molar-refractivity contribution < 1.29 is 0 Å². The molecule has 0 fully saturated rings. The van der Waals surface area contributed by atoms with E-state index in [1.54, 1.807) is 17.9 Å². The minimum Gasteiger partial charge on any atom is -0.360 e. The first kappa shape index (κ1) is 12.8. The number of fused-ring (bicyclic) bond motifs is 1. The molecule has 0 bridgehead atoms. The molecule has 0 amide bonds. The van der Waals surface area contributed by atoms with Gasteiger partial charge in [0, 0.05) is 14.1 Å². The van der Waals surface area contributed by atoms with E-state index in [-0.39, 0.29) is 0 Å². The predicted molar refractivity (Wildman–Crippen MR) is 73.4 cm³/mol. The monoisotopic (exact) mass is 254 g/mol. The first-order chi connectivity index (χ1) is 9.17. The molecule has 0 aliphatic rings. The Hall–Kier alpha value is -2.68. The van der Waals surface area contributed by atoms with Gasteiger partial charge in [-0.05, 0) is 24.3 Å². The molecule has 1 aromatic carbocycles. The van der Waals surface area contributed by atoms with E-state index in [9.17, 15) is 0 Å². The fourth-order valence-corrected chi connectivity index (χ4v) is 1.65. The van der Waals surface area contributed by atoms with Gasteiger partial charge in [0.1, 0.15) is 17.1 Å². The Morgan fingerprint density at radius 2 is 2.16 bits per heavy atom. The Kier molecular flexibility index (Phi) is 3.57. The van der Waals surface area contributed by atoms with Gasteiger partial charge in [0.15, 0.2) is 5.84 Å². The smallest absolute Gasteiger partial charge is 0.168 e. The van der Waals surface area contributed by atoms with E-state index < -0.39 is 0 Å². The third kappa shape index (κ3) is 2.45. The average molecular weight is 254 g/mol. The lowest BCUT2D eigenvalue weighted by Crippen LogP contribution is -2.24. The molecule has 96 valence electrons. The summed E-state index contributed by atoms with van der Waals surface area (Å²) < 4.78 is 0. The summed E-state index contributed by atoms with van der Waals surface area (Å²) in [6.07, 6.45) is 1.72. The zero-order valence-electron chi connectivity index (χ0n) is 11.1. The Morgan fingerprint density at radius 3 is 2.79 bits per heavy atom. The van der Waals surface area contributed by atoms with Crippen LogP contribution in [-0.4, -0.2) is 39.9 Å². The average Bonchev–Trinajstić information content (AvgIpc) is 2.82. The molecule has 0 saturated heterocycles. The molecule has 0 aliphatic carbocycles. The van der Waals surface area contributed by atoms with E-state index >= 15 is 0 Å². The Balaban J connectivity index is 2.57. The van der Waals surface area contributed by atoms with Crippen LogP contribution in [-0.2, 0) is 0 Å². The van der Waals surface area contributed by atoms with Crippen LogP contribution in [0.5, 0.6) is 0 Å². The van der Waals surface area contributed by atoms with Gasteiger partial charge >= 0.3 is 0 Å². The predicted octanol–water partition coefficient (Wildman–Crippen LogP) is 1.62. The molecule has 0 spiro atoms. The third-order valence-corrected chi connectivity index (χ3v) is 2.60. The van der Waals surface area contributed by atoms with Crippen molar-refractivity contribution in [3.63, 3.8) is 0 Å². The van der Waals surface area contributed by atoms with Crippen molar-refractivity contribution in [2.75, 3.05) is 14.1 Å². The number of nitrogens with zero attached hydrogens (tertiary/aromatic N) is 6. The number of hydrogen-bond acceptors (Lipinski definition) is 4. The molecule has 0 unspecified atom stereocenters. The molecular formula is C13H14N6. The van der Waals surface area contributed by atoms with Crippen LogP contribution < -0.4 is 0 Å². The van der Waals surface area contributed by atoms with Gasteiger partial charge in [-0.25, -0.2) is 0 Å². The van der Waals surface area contributed by atoms with Crippen molar-refractivity contribution >= 4 is 16.9 Å². The highest BCUT2D eigenvalue weighted by Gasteiger charge is 2.10. The second kappa shape index (κ2) is 5.31. The quantitative estimate of drug-likeness (QED) is 0.464. The summed E-state index contributed by atoms with van der Waals surface area (Å²) in [6, 6.07) is 9.66. The lowest BCUT2D eigenvalue weighted by molar-refractivity contribution is 0.600. The van der Waals surface area contributed by atoms with Crippen molar-refractivity contribution in [3.05, 3.63) is 35.9 Å². The van der Waals surface area contributed by atoms with E-state index in [2.05, 4.69) is 21.5 Å². The van der Waals surface area contributed by atoms with Gasteiger partial charge < -0.3 is 4.90 Å². The molecule has 19 heavy (non-hydrogen) atoms. The number of aromatic nitrogens is 3. The number of rotatable bonds is 2. The number of nitriles is 1. The number of para-hydroxylation sites is 1. The van der Waals surface area contributed by atoms with Crippen LogP contribution in [0.2, 0.25) is 0 Å². The molecule has 0 atom stereocenters. The van der Waals surface area contributed by atoms with Crippen molar-refractivity contribution in [1.82, 2.24) is 20.0 Å². The van der Waals surface area contributed by atoms with Crippen molar-refractivity contribution in [2.45, 2.75) is 6.92 Å². The summed E-state index contributed by atoms with van der Waals surface area (Å²) in [7, 11) is 3.66. The third-order valence-electron chi connectivity index (χ3n) is 2.60. The molecule has 2 rings (SSSR count). The minimum atomic E-state index is 0.490. The van der Waals surface area contributed by atoms with Gasteiger partial charge in [-0.15, -0.1) is 15.0 Å². The first-order valence-electron chi connectivity index (χ1n) is 5.81. The largest absolute Gasteiger partial charge is 0.360 e. The number of benzene rings is 1. The Labute approximate surface area is 111 Å². The van der Waals surface area contributed by atoms with Gasteiger partial charge in [0.05, 0.1) is 5.57 Å². The van der Waals surface area contributed by atoms with Gasteiger partial charge in [-0.2, -0.15) is 5.26 Å². The summed E-state index contributed by atoms with van der Waals surface area (Å²) in [4.78, 5) is 3.21. The molecule has 1 aromatic heterocycles. The highest BCUT2D eigenvalue weighted by Crippen LogP contribution is 2.10. The van der Waals surface area contributed by atoms with Gasteiger partial charge in [-0.1, -0.05) is 18.2 Å². The van der Waals surface area contributed by atoms with Gasteiger partial charge in [0.2, 0.25) is 0 Å². The van der Waals surface area contributed by atoms with Crippen LogP contribution in [0.4, 0.5) is 0 Å². The topological polar surface area (TPSA) is 70.1 Å². The summed E-state index contributed by atoms with van der Waals surface area (Å²) in [5.41, 5.74) is 2.06. The van der Waals surface area contributed by atoms with Crippen molar-refractivity contribution in [3.8, 4) is 6.07 Å². The number of hydrogen-bond donors (Lipinski definition) is 0. The molecule has 0 radical (unpaired) electrons. The Morgan fingerprint density at radius 1 is 1.42 bits per heavy atom. The standard InChI is InChI=1S/C13H14N6/c1-4-10(9-14)13(18(2)3)16-19-12-8-6-5-7-11(12)15-17-19/h4-8H,1-3H3/b10-4-,16-13+. The molecule has 6 nitrogen and oxygen atoms in total. The van der Waals surface area contributed by atoms with Crippen LogP contribution in [0, 0.1) is 11.3 Å². The van der Waals surface area contributed by atoms with E-state index in [1.165, 1.54) is 4.79 Å². The fourth-order valence-electron chi connectivity index (χ4n) is 1.65. The van der Waals surface area contributed by atoms with E-state index in [0.29, 0.717) is 11.4 Å². The number of amidine groups is 1. The highest BCUT2D eigenvalue weighted by molar-refractivity contribution is 6.01. The molecule has 0 saturated carbocycles. The summed E-state index contributed by atoms with van der Waals surface area (Å²) in [5, 5.41) is 21.5. The number of likely N-dealkylation sites (N-methyl/N-ethyl adjacent to an activating group) is 1. The normalized spacial score (nSPS) is 12.5. The second-order valence-electron chi connectivity index (χ2n) is 4.10. The minimum absolute atomic E-state index is 0.490. The highest BCUT2D eigenvalue weighted by atomic mass is 15.6.